The van der Waals surface area contributed by atoms with Crippen molar-refractivity contribution in [1.29, 1.82) is 0 Å². The first-order valence-electron chi connectivity index (χ1n) is 4.88. The van der Waals surface area contributed by atoms with Crippen molar-refractivity contribution < 1.29 is 19.7 Å². The Bertz CT molecular complexity index is 354. The van der Waals surface area contributed by atoms with Crippen molar-refractivity contribution in [3.8, 4) is 5.75 Å². The van der Waals surface area contributed by atoms with Gasteiger partial charge in [0.25, 0.3) is 0 Å². The van der Waals surface area contributed by atoms with E-state index in [0.29, 0.717) is 5.56 Å². The van der Waals surface area contributed by atoms with Gasteiger partial charge < -0.3 is 14.9 Å². The van der Waals surface area contributed by atoms with Gasteiger partial charge in [-0.2, -0.15) is 0 Å². The van der Waals surface area contributed by atoms with Gasteiger partial charge in [0.15, 0.2) is 0 Å². The van der Waals surface area contributed by atoms with Crippen molar-refractivity contribution >= 4 is 5.97 Å². The Hall–Kier alpha value is -1.59. The highest BCUT2D eigenvalue weighted by atomic mass is 16.5. The van der Waals surface area contributed by atoms with E-state index in [1.807, 2.05) is 0 Å². The molecule has 0 radical (unpaired) electrons. The molecule has 0 aliphatic rings. The summed E-state index contributed by atoms with van der Waals surface area (Å²) in [6.07, 6.45) is 0. The van der Waals surface area contributed by atoms with Crippen molar-refractivity contribution in [2.75, 3.05) is 13.7 Å². The largest absolute Gasteiger partial charge is 0.508 e. The summed E-state index contributed by atoms with van der Waals surface area (Å²) in [4.78, 5) is 11.1. The van der Waals surface area contributed by atoms with Crippen molar-refractivity contribution in [3.05, 3.63) is 29.8 Å². The van der Waals surface area contributed by atoms with Crippen LogP contribution in [-0.2, 0) is 16.1 Å². The fourth-order valence-electron chi connectivity index (χ4n) is 1.26. The van der Waals surface area contributed by atoms with Crippen molar-refractivity contribution in [1.82, 2.24) is 5.32 Å². The molecule has 88 valence electrons. The molecule has 1 aromatic rings. The molecule has 16 heavy (non-hydrogen) atoms. The molecule has 0 bridgehead atoms. The minimum atomic E-state index is -0.774. The molecular formula is C11H15NO4. The van der Waals surface area contributed by atoms with Gasteiger partial charge in [-0.15, -0.1) is 0 Å². The summed E-state index contributed by atoms with van der Waals surface area (Å²) in [5, 5.41) is 21.2. The van der Waals surface area contributed by atoms with Gasteiger partial charge in [-0.05, 0) is 6.07 Å². The van der Waals surface area contributed by atoms with Crippen molar-refractivity contribution in [3.63, 3.8) is 0 Å². The number of aliphatic hydroxyl groups is 1. The van der Waals surface area contributed by atoms with Crippen LogP contribution in [0.1, 0.15) is 5.56 Å². The molecule has 0 spiro atoms. The molecule has 0 aliphatic heterocycles. The number of para-hydroxylation sites is 1. The highest BCUT2D eigenvalue weighted by Crippen LogP contribution is 2.14. The summed E-state index contributed by atoms with van der Waals surface area (Å²) in [7, 11) is 1.26. The number of aromatic hydroxyl groups is 1. The number of hydrogen-bond acceptors (Lipinski definition) is 5. The number of methoxy groups -OCH3 is 1. The van der Waals surface area contributed by atoms with Gasteiger partial charge in [0.05, 0.1) is 13.7 Å². The van der Waals surface area contributed by atoms with Gasteiger partial charge in [-0.3, -0.25) is 10.1 Å². The number of hydrogen-bond donors (Lipinski definition) is 3. The topological polar surface area (TPSA) is 78.8 Å². The van der Waals surface area contributed by atoms with E-state index in [1.165, 1.54) is 7.11 Å². The van der Waals surface area contributed by atoms with Crippen molar-refractivity contribution in [2.45, 2.75) is 12.6 Å². The zero-order valence-electron chi connectivity index (χ0n) is 9.01. The number of phenolic OH excluding ortho intramolecular Hbond substituents is 1. The predicted octanol–water partition coefficient (Wildman–Crippen LogP) is 0.0157. The van der Waals surface area contributed by atoms with Crippen LogP contribution in [0.5, 0.6) is 5.75 Å². The van der Waals surface area contributed by atoms with E-state index >= 15 is 0 Å². The Morgan fingerprint density at radius 2 is 2.19 bits per heavy atom. The van der Waals surface area contributed by atoms with Crippen LogP contribution >= 0.6 is 0 Å². The molecule has 1 atom stereocenters. The Morgan fingerprint density at radius 1 is 1.50 bits per heavy atom. The number of benzene rings is 1. The highest BCUT2D eigenvalue weighted by molar-refractivity contribution is 5.75. The molecular weight excluding hydrogens is 210 g/mol. The van der Waals surface area contributed by atoms with E-state index < -0.39 is 12.0 Å². The number of nitrogens with one attached hydrogen (secondary N) is 1. The van der Waals surface area contributed by atoms with Gasteiger partial charge in [0, 0.05) is 12.1 Å². The first kappa shape index (κ1) is 12.5. The van der Waals surface area contributed by atoms with Crippen molar-refractivity contribution in [2.24, 2.45) is 0 Å². The number of ether oxygens (including phenoxy) is 1. The van der Waals surface area contributed by atoms with Crippen LogP contribution in [0.25, 0.3) is 0 Å². The van der Waals surface area contributed by atoms with Gasteiger partial charge in [0.2, 0.25) is 0 Å². The molecule has 0 fully saturated rings. The first-order chi connectivity index (χ1) is 7.69. The zero-order valence-corrected chi connectivity index (χ0v) is 9.01. The molecule has 1 aromatic carbocycles. The van der Waals surface area contributed by atoms with Crippen LogP contribution < -0.4 is 5.32 Å². The molecule has 1 rings (SSSR count). The molecule has 0 heterocycles. The molecule has 0 saturated carbocycles. The van der Waals surface area contributed by atoms with E-state index in [1.54, 1.807) is 24.3 Å². The van der Waals surface area contributed by atoms with Crippen LogP contribution in [0.3, 0.4) is 0 Å². The summed E-state index contributed by atoms with van der Waals surface area (Å²) >= 11 is 0. The average molecular weight is 225 g/mol. The Morgan fingerprint density at radius 3 is 2.75 bits per heavy atom. The minimum Gasteiger partial charge on any atom is -0.508 e. The van der Waals surface area contributed by atoms with E-state index in [-0.39, 0.29) is 18.9 Å². The number of aliphatic hydroxyl groups excluding tert-OH is 1. The lowest BCUT2D eigenvalue weighted by molar-refractivity contribution is -0.144. The summed E-state index contributed by atoms with van der Waals surface area (Å²) in [6.45, 7) is -0.0622. The summed E-state index contributed by atoms with van der Waals surface area (Å²) in [5.74, 6) is -0.380. The third kappa shape index (κ3) is 3.22. The fourth-order valence-corrected chi connectivity index (χ4v) is 1.26. The van der Waals surface area contributed by atoms with Crippen LogP contribution in [-0.4, -0.2) is 35.9 Å². The SMILES string of the molecule is COC(=O)[C@H](CO)NCc1ccccc1O. The number of carbonyl (C=O) groups is 1. The van der Waals surface area contributed by atoms with E-state index in [0.717, 1.165) is 0 Å². The third-order valence-corrected chi connectivity index (χ3v) is 2.20. The van der Waals surface area contributed by atoms with E-state index in [9.17, 15) is 9.90 Å². The Kier molecular flexibility index (Phi) is 4.75. The molecule has 0 saturated heterocycles. The second kappa shape index (κ2) is 6.09. The fraction of sp³-hybridized carbons (Fsp3) is 0.364. The highest BCUT2D eigenvalue weighted by Gasteiger charge is 2.17. The summed E-state index contributed by atoms with van der Waals surface area (Å²) in [5.41, 5.74) is 0.657. The first-order valence-corrected chi connectivity index (χ1v) is 4.88. The maximum absolute atomic E-state index is 11.1. The monoisotopic (exact) mass is 225 g/mol. The summed E-state index contributed by atoms with van der Waals surface area (Å²) < 4.78 is 4.50. The minimum absolute atomic E-state index is 0.150. The molecule has 0 aromatic heterocycles. The Balaban J connectivity index is 2.56. The maximum Gasteiger partial charge on any atom is 0.325 e. The van der Waals surface area contributed by atoms with Gasteiger partial charge in [-0.25, -0.2) is 0 Å². The lowest BCUT2D eigenvalue weighted by atomic mass is 10.2. The number of carbonyl (C=O) groups excluding carboxylic acids is 1. The van der Waals surface area contributed by atoms with Crippen LogP contribution in [0, 0.1) is 0 Å². The number of esters is 1. The van der Waals surface area contributed by atoms with Crippen LogP contribution in [0.15, 0.2) is 24.3 Å². The quantitative estimate of drug-likeness (QED) is 0.615. The molecule has 3 N–H and O–H groups in total. The normalized spacial score (nSPS) is 12.1. The second-order valence-electron chi connectivity index (χ2n) is 3.27. The molecule has 5 heteroatoms. The number of rotatable bonds is 5. The van der Waals surface area contributed by atoms with Crippen LogP contribution in [0.4, 0.5) is 0 Å². The van der Waals surface area contributed by atoms with Gasteiger partial charge in [-0.1, -0.05) is 18.2 Å². The number of phenols is 1. The third-order valence-electron chi connectivity index (χ3n) is 2.20. The average Bonchev–Trinajstić information content (AvgIpc) is 2.31. The van der Waals surface area contributed by atoms with E-state index in [2.05, 4.69) is 10.1 Å². The van der Waals surface area contributed by atoms with Gasteiger partial charge >= 0.3 is 5.97 Å². The zero-order chi connectivity index (χ0) is 12.0. The summed E-state index contributed by atoms with van der Waals surface area (Å²) in [6, 6.07) is 6.01. The molecule has 0 aliphatic carbocycles. The lowest BCUT2D eigenvalue weighted by Crippen LogP contribution is -2.40. The smallest absolute Gasteiger partial charge is 0.325 e. The van der Waals surface area contributed by atoms with Gasteiger partial charge in [0.1, 0.15) is 11.8 Å². The Labute approximate surface area is 93.7 Å². The lowest BCUT2D eigenvalue weighted by Gasteiger charge is -2.14. The maximum atomic E-state index is 11.1. The van der Waals surface area contributed by atoms with E-state index in [4.69, 9.17) is 5.11 Å². The second-order valence-corrected chi connectivity index (χ2v) is 3.27. The van der Waals surface area contributed by atoms with Crippen LogP contribution in [0.2, 0.25) is 0 Å². The predicted molar refractivity (Wildman–Crippen MR) is 57.8 cm³/mol. The standard InChI is InChI=1S/C11H15NO4/c1-16-11(15)9(7-13)12-6-8-4-2-3-5-10(8)14/h2-5,9,12-14H,6-7H2,1H3/t9-/m0/s1. The molecule has 5 nitrogen and oxygen atoms in total. The molecule has 0 amide bonds. The molecule has 0 unspecified atom stereocenters.